The van der Waals surface area contributed by atoms with Crippen LogP contribution in [0.5, 0.6) is 5.75 Å². The first kappa shape index (κ1) is 14.6. The molecule has 0 aliphatic carbocycles. The van der Waals surface area contributed by atoms with E-state index in [1.807, 2.05) is 0 Å². The summed E-state index contributed by atoms with van der Waals surface area (Å²) in [4.78, 5) is 0. The summed E-state index contributed by atoms with van der Waals surface area (Å²) in [6.07, 6.45) is 3.21. The molecular formula is C19H24O. The highest BCUT2D eigenvalue weighted by Gasteiger charge is 2.06. The van der Waals surface area contributed by atoms with E-state index in [1.54, 1.807) is 0 Å². The third kappa shape index (κ3) is 4.12. The van der Waals surface area contributed by atoms with Crippen molar-refractivity contribution < 1.29 is 4.74 Å². The quantitative estimate of drug-likeness (QED) is 0.664. The molecule has 0 unspecified atom stereocenters. The minimum Gasteiger partial charge on any atom is -0.493 e. The Kier molecular flexibility index (Phi) is 5.23. The summed E-state index contributed by atoms with van der Waals surface area (Å²) in [6.45, 7) is 7.26. The average molecular weight is 268 g/mol. The molecule has 106 valence electrons. The second kappa shape index (κ2) is 7.14. The summed E-state index contributed by atoms with van der Waals surface area (Å²) in [7, 11) is 0. The van der Waals surface area contributed by atoms with E-state index in [9.17, 15) is 0 Å². The zero-order chi connectivity index (χ0) is 14.4. The average Bonchev–Trinajstić information content (AvgIpc) is 2.41. The van der Waals surface area contributed by atoms with Gasteiger partial charge in [0.2, 0.25) is 0 Å². The summed E-state index contributed by atoms with van der Waals surface area (Å²) in [6, 6.07) is 15.2. The minimum atomic E-state index is 0.806. The van der Waals surface area contributed by atoms with Crippen LogP contribution in [0, 0.1) is 13.8 Å². The summed E-state index contributed by atoms with van der Waals surface area (Å²) >= 11 is 0. The van der Waals surface area contributed by atoms with Gasteiger partial charge in [0.15, 0.2) is 0 Å². The molecule has 0 saturated heterocycles. The van der Waals surface area contributed by atoms with E-state index in [4.69, 9.17) is 4.74 Å². The van der Waals surface area contributed by atoms with Crippen LogP contribution in [0.25, 0.3) is 0 Å². The Morgan fingerprint density at radius 2 is 1.75 bits per heavy atom. The fourth-order valence-electron chi connectivity index (χ4n) is 2.36. The van der Waals surface area contributed by atoms with Crippen LogP contribution < -0.4 is 4.74 Å². The topological polar surface area (TPSA) is 9.23 Å². The monoisotopic (exact) mass is 268 g/mol. The van der Waals surface area contributed by atoms with Gasteiger partial charge in [-0.3, -0.25) is 0 Å². The van der Waals surface area contributed by atoms with Gasteiger partial charge in [0.25, 0.3) is 0 Å². The van der Waals surface area contributed by atoms with Gasteiger partial charge in [-0.1, -0.05) is 60.9 Å². The molecule has 0 N–H and O–H groups in total. The van der Waals surface area contributed by atoms with Crippen molar-refractivity contribution in [1.29, 1.82) is 0 Å². The zero-order valence-corrected chi connectivity index (χ0v) is 12.8. The van der Waals surface area contributed by atoms with E-state index in [2.05, 4.69) is 63.2 Å². The Labute approximate surface area is 122 Å². The molecule has 0 aromatic heterocycles. The third-order valence-corrected chi connectivity index (χ3v) is 3.45. The van der Waals surface area contributed by atoms with Crippen molar-refractivity contribution in [2.45, 2.75) is 40.0 Å². The molecule has 2 rings (SSSR count). The molecule has 0 radical (unpaired) electrons. The van der Waals surface area contributed by atoms with Gasteiger partial charge < -0.3 is 4.74 Å². The van der Waals surface area contributed by atoms with Crippen LogP contribution in [-0.4, -0.2) is 6.61 Å². The largest absolute Gasteiger partial charge is 0.493 e. The number of ether oxygens (including phenoxy) is 1. The van der Waals surface area contributed by atoms with Gasteiger partial charge in [-0.15, -0.1) is 0 Å². The van der Waals surface area contributed by atoms with Gasteiger partial charge in [0, 0.05) is 6.42 Å². The normalized spacial score (nSPS) is 10.6. The molecule has 0 bridgehead atoms. The summed E-state index contributed by atoms with van der Waals surface area (Å²) in [5.41, 5.74) is 5.22. The van der Waals surface area contributed by atoms with Gasteiger partial charge >= 0.3 is 0 Å². The zero-order valence-electron chi connectivity index (χ0n) is 12.8. The predicted octanol–water partition coefficient (Wildman–Crippen LogP) is 5.07. The molecule has 0 aliphatic heterocycles. The van der Waals surface area contributed by atoms with E-state index in [-0.39, 0.29) is 0 Å². The van der Waals surface area contributed by atoms with E-state index >= 15 is 0 Å². The highest BCUT2D eigenvalue weighted by Crippen LogP contribution is 2.24. The van der Waals surface area contributed by atoms with Crippen molar-refractivity contribution in [2.75, 3.05) is 6.61 Å². The summed E-state index contributed by atoms with van der Waals surface area (Å²) in [5.74, 6) is 1.03. The molecule has 20 heavy (non-hydrogen) atoms. The first-order valence-electron chi connectivity index (χ1n) is 7.47. The van der Waals surface area contributed by atoms with Crippen LogP contribution in [0.3, 0.4) is 0 Å². The summed E-state index contributed by atoms with van der Waals surface area (Å²) in [5, 5.41) is 0. The van der Waals surface area contributed by atoms with Gasteiger partial charge in [-0.05, 0) is 37.5 Å². The van der Waals surface area contributed by atoms with Crippen molar-refractivity contribution in [2.24, 2.45) is 0 Å². The highest BCUT2D eigenvalue weighted by atomic mass is 16.5. The number of hydrogen-bond donors (Lipinski definition) is 0. The van der Waals surface area contributed by atoms with E-state index in [1.165, 1.54) is 28.7 Å². The second-order valence-corrected chi connectivity index (χ2v) is 5.48. The van der Waals surface area contributed by atoms with Gasteiger partial charge in [-0.25, -0.2) is 0 Å². The predicted molar refractivity (Wildman–Crippen MR) is 85.6 cm³/mol. The van der Waals surface area contributed by atoms with Crippen LogP contribution in [-0.2, 0) is 6.42 Å². The molecule has 2 aromatic rings. The lowest BCUT2D eigenvalue weighted by Gasteiger charge is -2.12. The molecule has 0 spiro atoms. The Hall–Kier alpha value is -1.76. The van der Waals surface area contributed by atoms with Crippen molar-refractivity contribution in [3.05, 3.63) is 64.7 Å². The molecule has 2 aromatic carbocycles. The summed E-state index contributed by atoms with van der Waals surface area (Å²) < 4.78 is 5.93. The van der Waals surface area contributed by atoms with Crippen LogP contribution in [0.1, 0.15) is 42.0 Å². The smallest absolute Gasteiger partial charge is 0.122 e. The Bertz CT molecular complexity index is 557. The first-order chi connectivity index (χ1) is 9.69. The minimum absolute atomic E-state index is 0.806. The molecule has 0 fully saturated rings. The van der Waals surface area contributed by atoms with E-state index in [0.29, 0.717) is 0 Å². The molecule has 1 nitrogen and oxygen atoms in total. The maximum atomic E-state index is 5.93. The maximum Gasteiger partial charge on any atom is 0.122 e. The molecule has 0 aliphatic rings. The Morgan fingerprint density at radius 3 is 2.50 bits per heavy atom. The number of hydrogen-bond acceptors (Lipinski definition) is 1. The Morgan fingerprint density at radius 1 is 0.950 bits per heavy atom. The lowest BCUT2D eigenvalue weighted by Crippen LogP contribution is -2.01. The van der Waals surface area contributed by atoms with Crippen LogP contribution in [0.2, 0.25) is 0 Å². The van der Waals surface area contributed by atoms with Crippen LogP contribution in [0.4, 0.5) is 0 Å². The lowest BCUT2D eigenvalue weighted by molar-refractivity contribution is 0.306. The van der Waals surface area contributed by atoms with Crippen LogP contribution in [0.15, 0.2) is 42.5 Å². The van der Waals surface area contributed by atoms with Gasteiger partial charge in [0.05, 0.1) is 6.61 Å². The molecule has 0 heterocycles. The van der Waals surface area contributed by atoms with Crippen molar-refractivity contribution in [3.8, 4) is 5.75 Å². The molecule has 0 amide bonds. The third-order valence-electron chi connectivity index (χ3n) is 3.45. The number of benzene rings is 2. The van der Waals surface area contributed by atoms with E-state index < -0.39 is 0 Å². The molecular weight excluding hydrogens is 244 g/mol. The fourth-order valence-corrected chi connectivity index (χ4v) is 2.36. The Balaban J connectivity index is 2.18. The number of unbranched alkanes of at least 4 members (excludes halogenated alkanes) is 1. The van der Waals surface area contributed by atoms with Crippen molar-refractivity contribution >= 4 is 0 Å². The second-order valence-electron chi connectivity index (χ2n) is 5.48. The van der Waals surface area contributed by atoms with Crippen molar-refractivity contribution in [3.63, 3.8) is 0 Å². The maximum absolute atomic E-state index is 5.93. The number of rotatable bonds is 6. The molecule has 1 heteroatoms. The SMILES string of the molecule is CCCCOc1ccc(C)cc1Cc1cccc(C)c1. The number of aryl methyl sites for hydroxylation is 2. The van der Waals surface area contributed by atoms with Crippen molar-refractivity contribution in [1.82, 2.24) is 0 Å². The van der Waals surface area contributed by atoms with Gasteiger partial charge in [-0.2, -0.15) is 0 Å². The lowest BCUT2D eigenvalue weighted by atomic mass is 10.0. The fraction of sp³-hybridized carbons (Fsp3) is 0.368. The van der Waals surface area contributed by atoms with Crippen LogP contribution >= 0.6 is 0 Å². The first-order valence-corrected chi connectivity index (χ1v) is 7.47. The molecule has 0 saturated carbocycles. The van der Waals surface area contributed by atoms with Gasteiger partial charge in [0.1, 0.15) is 5.75 Å². The standard InChI is InChI=1S/C19H24O/c1-4-5-11-20-19-10-9-16(3)13-18(19)14-17-8-6-7-15(2)12-17/h6-10,12-13H,4-5,11,14H2,1-3H3. The molecule has 0 atom stereocenters. The highest BCUT2D eigenvalue weighted by molar-refractivity contribution is 5.40. The van der Waals surface area contributed by atoms with E-state index in [0.717, 1.165) is 25.2 Å².